The van der Waals surface area contributed by atoms with Crippen molar-refractivity contribution in [3.63, 3.8) is 0 Å². The number of hydrogen-bond donors (Lipinski definition) is 1. The second-order valence-electron chi connectivity index (χ2n) is 3.48. The molecular formula is C13H11N3O2. The van der Waals surface area contributed by atoms with Gasteiger partial charge < -0.3 is 15.2 Å². The van der Waals surface area contributed by atoms with Crippen LogP contribution in [0.2, 0.25) is 0 Å². The van der Waals surface area contributed by atoms with Crippen LogP contribution in [0.3, 0.4) is 0 Å². The number of benzene rings is 1. The molecule has 18 heavy (non-hydrogen) atoms. The first-order valence-electron chi connectivity index (χ1n) is 5.21. The fourth-order valence-corrected chi connectivity index (χ4v) is 1.44. The van der Waals surface area contributed by atoms with Crippen LogP contribution in [0.1, 0.15) is 5.56 Å². The van der Waals surface area contributed by atoms with Gasteiger partial charge in [0.1, 0.15) is 11.8 Å². The van der Waals surface area contributed by atoms with Crippen LogP contribution in [0.5, 0.6) is 17.4 Å². The van der Waals surface area contributed by atoms with Crippen LogP contribution in [0.25, 0.3) is 0 Å². The number of nitrogens with two attached hydrogens (primary N) is 1. The fourth-order valence-electron chi connectivity index (χ4n) is 1.44. The van der Waals surface area contributed by atoms with Crippen molar-refractivity contribution in [1.29, 1.82) is 5.26 Å². The summed E-state index contributed by atoms with van der Waals surface area (Å²) in [7, 11) is 1.53. The van der Waals surface area contributed by atoms with Gasteiger partial charge >= 0.3 is 0 Å². The van der Waals surface area contributed by atoms with E-state index in [0.29, 0.717) is 28.6 Å². The Morgan fingerprint density at radius 2 is 2.11 bits per heavy atom. The predicted octanol–water partition coefficient (Wildman–Crippen LogP) is 2.34. The zero-order valence-corrected chi connectivity index (χ0v) is 9.75. The van der Waals surface area contributed by atoms with Crippen molar-refractivity contribution in [2.75, 3.05) is 12.8 Å². The van der Waals surface area contributed by atoms with Gasteiger partial charge in [-0.1, -0.05) is 0 Å². The maximum absolute atomic E-state index is 9.01. The Kier molecular flexibility index (Phi) is 3.30. The summed E-state index contributed by atoms with van der Waals surface area (Å²) < 4.78 is 10.7. The lowest BCUT2D eigenvalue weighted by Crippen LogP contribution is -1.95. The molecule has 5 nitrogen and oxygen atoms in total. The van der Waals surface area contributed by atoms with Crippen molar-refractivity contribution in [2.45, 2.75) is 0 Å². The molecule has 5 heteroatoms. The Hall–Kier alpha value is -2.74. The Morgan fingerprint density at radius 1 is 1.28 bits per heavy atom. The molecule has 90 valence electrons. The number of rotatable bonds is 3. The summed E-state index contributed by atoms with van der Waals surface area (Å²) in [4.78, 5) is 4.05. The summed E-state index contributed by atoms with van der Waals surface area (Å²) in [6.45, 7) is 0. The highest BCUT2D eigenvalue weighted by Crippen LogP contribution is 2.31. The molecular weight excluding hydrogens is 230 g/mol. The molecule has 2 N–H and O–H groups in total. The molecule has 1 heterocycles. The second-order valence-corrected chi connectivity index (χ2v) is 3.48. The number of nitrogens with zero attached hydrogens (tertiary/aromatic N) is 2. The lowest BCUT2D eigenvalue weighted by Gasteiger charge is -2.09. The van der Waals surface area contributed by atoms with E-state index >= 15 is 0 Å². The molecule has 0 saturated carbocycles. The van der Waals surface area contributed by atoms with Gasteiger partial charge in [-0.15, -0.1) is 0 Å². The second kappa shape index (κ2) is 5.06. The summed E-state index contributed by atoms with van der Waals surface area (Å²) in [6.07, 6.45) is 1.58. The minimum Gasteiger partial charge on any atom is -0.491 e. The van der Waals surface area contributed by atoms with Crippen LogP contribution in [0.4, 0.5) is 5.69 Å². The molecule has 0 bridgehead atoms. The summed E-state index contributed by atoms with van der Waals surface area (Å²) in [5, 5.41) is 9.01. The van der Waals surface area contributed by atoms with Gasteiger partial charge in [0.15, 0.2) is 5.75 Å². The van der Waals surface area contributed by atoms with Crippen LogP contribution < -0.4 is 15.2 Å². The van der Waals surface area contributed by atoms with E-state index < -0.39 is 0 Å². The number of aromatic nitrogens is 1. The summed E-state index contributed by atoms with van der Waals surface area (Å²) >= 11 is 0. The molecule has 1 aromatic heterocycles. The monoisotopic (exact) mass is 241 g/mol. The normalized spacial score (nSPS) is 9.56. The molecule has 0 amide bonds. The topological polar surface area (TPSA) is 81.2 Å². The van der Waals surface area contributed by atoms with E-state index in [2.05, 4.69) is 4.98 Å². The van der Waals surface area contributed by atoms with Crippen molar-refractivity contribution < 1.29 is 9.47 Å². The smallest absolute Gasteiger partial charge is 0.262 e. The molecule has 0 spiro atoms. The SMILES string of the molecule is COc1cccnc1Oc1ccc(N)cc1C#N. The zero-order chi connectivity index (χ0) is 13.0. The van der Waals surface area contributed by atoms with Crippen LogP contribution >= 0.6 is 0 Å². The number of hydrogen-bond acceptors (Lipinski definition) is 5. The molecule has 0 aliphatic carbocycles. The minimum absolute atomic E-state index is 0.307. The molecule has 0 saturated heterocycles. The van der Waals surface area contributed by atoms with Gasteiger partial charge in [-0.25, -0.2) is 4.98 Å². The fraction of sp³-hybridized carbons (Fsp3) is 0.0769. The third-order valence-corrected chi connectivity index (χ3v) is 2.29. The van der Waals surface area contributed by atoms with Gasteiger partial charge in [-0.2, -0.15) is 5.26 Å². The van der Waals surface area contributed by atoms with Crippen molar-refractivity contribution in [3.8, 4) is 23.4 Å². The Morgan fingerprint density at radius 3 is 2.83 bits per heavy atom. The van der Waals surface area contributed by atoms with Gasteiger partial charge in [-0.05, 0) is 30.3 Å². The highest BCUT2D eigenvalue weighted by atomic mass is 16.5. The summed E-state index contributed by atoms with van der Waals surface area (Å²) in [5.74, 6) is 1.20. The summed E-state index contributed by atoms with van der Waals surface area (Å²) in [5.41, 5.74) is 6.46. The minimum atomic E-state index is 0.307. The number of ether oxygens (including phenoxy) is 2. The van der Waals surface area contributed by atoms with Gasteiger partial charge in [0.2, 0.25) is 0 Å². The van der Waals surface area contributed by atoms with E-state index in [9.17, 15) is 0 Å². The maximum Gasteiger partial charge on any atom is 0.262 e. The Balaban J connectivity index is 2.37. The van der Waals surface area contributed by atoms with Gasteiger partial charge in [0.05, 0.1) is 12.7 Å². The standard InChI is InChI=1S/C13H11N3O2/c1-17-12-3-2-6-16-13(12)18-11-5-4-10(15)7-9(11)8-14/h2-7H,15H2,1H3. The van der Waals surface area contributed by atoms with Gasteiger partial charge in [-0.3, -0.25) is 0 Å². The number of nitriles is 1. The molecule has 0 fully saturated rings. The lowest BCUT2D eigenvalue weighted by atomic mass is 10.2. The molecule has 1 aromatic carbocycles. The van der Waals surface area contributed by atoms with Crippen molar-refractivity contribution in [3.05, 3.63) is 42.1 Å². The van der Waals surface area contributed by atoms with E-state index in [4.69, 9.17) is 20.5 Å². The molecule has 2 aromatic rings. The maximum atomic E-state index is 9.01. The summed E-state index contributed by atoms with van der Waals surface area (Å²) in [6, 6.07) is 10.3. The first kappa shape index (κ1) is 11.7. The first-order valence-corrected chi connectivity index (χ1v) is 5.21. The Labute approximate surface area is 104 Å². The Bertz CT molecular complexity index is 605. The largest absolute Gasteiger partial charge is 0.491 e. The van der Waals surface area contributed by atoms with Gasteiger partial charge in [0.25, 0.3) is 5.88 Å². The van der Waals surface area contributed by atoms with Crippen LogP contribution in [-0.4, -0.2) is 12.1 Å². The lowest BCUT2D eigenvalue weighted by molar-refractivity contribution is 0.369. The van der Waals surface area contributed by atoms with Crippen LogP contribution in [0, 0.1) is 11.3 Å². The molecule has 0 atom stereocenters. The van der Waals surface area contributed by atoms with E-state index in [0.717, 1.165) is 0 Å². The van der Waals surface area contributed by atoms with Crippen molar-refractivity contribution in [1.82, 2.24) is 4.98 Å². The first-order chi connectivity index (χ1) is 8.74. The van der Waals surface area contributed by atoms with Crippen LogP contribution in [-0.2, 0) is 0 Å². The third-order valence-electron chi connectivity index (χ3n) is 2.29. The number of nitrogen functional groups attached to an aromatic ring is 1. The highest BCUT2D eigenvalue weighted by molar-refractivity contribution is 5.54. The average molecular weight is 241 g/mol. The molecule has 0 aliphatic rings. The van der Waals surface area contributed by atoms with E-state index in [1.807, 2.05) is 6.07 Å². The number of anilines is 1. The third kappa shape index (κ3) is 2.33. The highest BCUT2D eigenvalue weighted by Gasteiger charge is 2.09. The molecule has 2 rings (SSSR count). The van der Waals surface area contributed by atoms with E-state index in [1.165, 1.54) is 7.11 Å². The van der Waals surface area contributed by atoms with E-state index in [1.54, 1.807) is 36.5 Å². The zero-order valence-electron chi connectivity index (χ0n) is 9.75. The molecule has 0 radical (unpaired) electrons. The average Bonchev–Trinajstić information content (AvgIpc) is 2.41. The quantitative estimate of drug-likeness (QED) is 0.834. The number of pyridine rings is 1. The van der Waals surface area contributed by atoms with Crippen LogP contribution in [0.15, 0.2) is 36.5 Å². The molecule has 0 unspecified atom stereocenters. The van der Waals surface area contributed by atoms with Gasteiger partial charge in [0, 0.05) is 11.9 Å². The number of methoxy groups -OCH3 is 1. The van der Waals surface area contributed by atoms with Crippen molar-refractivity contribution in [2.24, 2.45) is 0 Å². The molecule has 0 aliphatic heterocycles. The van der Waals surface area contributed by atoms with E-state index in [-0.39, 0.29) is 0 Å². The van der Waals surface area contributed by atoms with Crippen molar-refractivity contribution >= 4 is 5.69 Å². The predicted molar refractivity (Wildman–Crippen MR) is 66.4 cm³/mol.